The van der Waals surface area contributed by atoms with Gasteiger partial charge in [-0.2, -0.15) is 0 Å². The van der Waals surface area contributed by atoms with Gasteiger partial charge in [-0.05, 0) is 5.56 Å². The highest BCUT2D eigenvalue weighted by molar-refractivity contribution is 5.86. The van der Waals surface area contributed by atoms with E-state index in [0.29, 0.717) is 0 Å². The fourth-order valence-electron chi connectivity index (χ4n) is 2.20. The summed E-state index contributed by atoms with van der Waals surface area (Å²) in [6.07, 6.45) is 0. The van der Waals surface area contributed by atoms with Crippen molar-refractivity contribution in [3.8, 4) is 0 Å². The predicted molar refractivity (Wildman–Crippen MR) is 54.3 cm³/mol. The number of carboxylic acids is 1. The number of rotatable bonds is 3. The Morgan fingerprint density at radius 1 is 1.40 bits per heavy atom. The van der Waals surface area contributed by atoms with Gasteiger partial charge in [0.25, 0.3) is 0 Å². The summed E-state index contributed by atoms with van der Waals surface area (Å²) in [6.45, 7) is -0.192. The lowest BCUT2D eigenvalue weighted by atomic mass is 10.1. The summed E-state index contributed by atoms with van der Waals surface area (Å²) in [6, 6.07) is 9.21. The number of carbonyl (C=O) groups is 1. The van der Waals surface area contributed by atoms with Crippen LogP contribution in [0.25, 0.3) is 0 Å². The molecule has 0 bridgehead atoms. The van der Waals surface area contributed by atoms with Crippen LogP contribution >= 0.6 is 0 Å². The number of aliphatic hydroxyl groups is 1. The van der Waals surface area contributed by atoms with Gasteiger partial charge in [-0.15, -0.1) is 0 Å². The molecule has 4 heteroatoms. The van der Waals surface area contributed by atoms with Crippen LogP contribution in [-0.4, -0.2) is 28.3 Å². The molecular formula is C11H13NO3. The first-order chi connectivity index (χ1) is 7.12. The maximum atomic E-state index is 11.0. The molecule has 3 unspecified atom stereocenters. The maximum Gasteiger partial charge on any atom is 0.324 e. The van der Waals surface area contributed by atoms with Crippen LogP contribution in [-0.2, 0) is 4.79 Å². The van der Waals surface area contributed by atoms with E-state index in [4.69, 9.17) is 15.9 Å². The predicted octanol–water partition coefficient (Wildman–Crippen LogP) is 0.174. The molecule has 4 N–H and O–H groups in total. The van der Waals surface area contributed by atoms with Crippen LogP contribution < -0.4 is 5.73 Å². The average Bonchev–Trinajstić information content (AvgIpc) is 2.87. The molecule has 4 nitrogen and oxygen atoms in total. The Morgan fingerprint density at radius 3 is 2.40 bits per heavy atom. The fourth-order valence-corrected chi connectivity index (χ4v) is 2.20. The molecule has 2 rings (SSSR count). The highest BCUT2D eigenvalue weighted by atomic mass is 16.4. The average molecular weight is 207 g/mol. The number of benzene rings is 1. The normalized spacial score (nSPS) is 33.7. The number of hydrogen-bond donors (Lipinski definition) is 3. The van der Waals surface area contributed by atoms with Gasteiger partial charge in [-0.25, -0.2) is 0 Å². The van der Waals surface area contributed by atoms with Crippen LogP contribution in [0.2, 0.25) is 0 Å². The molecule has 1 saturated carbocycles. The first kappa shape index (κ1) is 10.1. The molecule has 0 spiro atoms. The second kappa shape index (κ2) is 3.32. The van der Waals surface area contributed by atoms with Gasteiger partial charge in [0.15, 0.2) is 0 Å². The molecule has 0 aromatic heterocycles. The summed E-state index contributed by atoms with van der Waals surface area (Å²) >= 11 is 0. The van der Waals surface area contributed by atoms with Crippen molar-refractivity contribution in [3.05, 3.63) is 35.9 Å². The van der Waals surface area contributed by atoms with Crippen molar-refractivity contribution in [2.24, 2.45) is 11.7 Å². The zero-order valence-electron chi connectivity index (χ0n) is 8.13. The van der Waals surface area contributed by atoms with Crippen molar-refractivity contribution >= 4 is 5.97 Å². The summed E-state index contributed by atoms with van der Waals surface area (Å²) in [7, 11) is 0. The van der Waals surface area contributed by atoms with Crippen molar-refractivity contribution in [3.63, 3.8) is 0 Å². The minimum atomic E-state index is -1.30. The first-order valence-electron chi connectivity index (χ1n) is 4.80. The highest BCUT2D eigenvalue weighted by Crippen LogP contribution is 2.55. The zero-order chi connectivity index (χ0) is 11.1. The van der Waals surface area contributed by atoms with Crippen molar-refractivity contribution in [2.75, 3.05) is 6.61 Å². The second-order valence-corrected chi connectivity index (χ2v) is 3.92. The van der Waals surface area contributed by atoms with Crippen molar-refractivity contribution in [1.29, 1.82) is 0 Å². The minimum absolute atomic E-state index is 0.192. The monoisotopic (exact) mass is 207 g/mol. The molecule has 80 valence electrons. The van der Waals surface area contributed by atoms with E-state index in [-0.39, 0.29) is 18.4 Å². The summed E-state index contributed by atoms with van der Waals surface area (Å²) in [4.78, 5) is 11.0. The highest BCUT2D eigenvalue weighted by Gasteiger charge is 2.67. The Hall–Kier alpha value is -1.39. The van der Waals surface area contributed by atoms with E-state index in [9.17, 15) is 4.79 Å². The Bertz CT molecular complexity index is 379. The largest absolute Gasteiger partial charge is 0.480 e. The molecule has 0 aliphatic heterocycles. The van der Waals surface area contributed by atoms with Gasteiger partial charge in [-0.3, -0.25) is 4.79 Å². The van der Waals surface area contributed by atoms with Gasteiger partial charge in [0.05, 0.1) is 0 Å². The number of carboxylic acid groups (broad SMARTS) is 1. The van der Waals surface area contributed by atoms with Crippen molar-refractivity contribution in [2.45, 2.75) is 11.5 Å². The van der Waals surface area contributed by atoms with Crippen molar-refractivity contribution in [1.82, 2.24) is 0 Å². The second-order valence-electron chi connectivity index (χ2n) is 3.92. The van der Waals surface area contributed by atoms with Crippen LogP contribution in [0.4, 0.5) is 0 Å². The Labute approximate surface area is 87.3 Å². The van der Waals surface area contributed by atoms with Crippen LogP contribution in [0.3, 0.4) is 0 Å². The molecule has 15 heavy (non-hydrogen) atoms. The van der Waals surface area contributed by atoms with E-state index in [1.54, 1.807) is 0 Å². The molecule has 1 aromatic carbocycles. The SMILES string of the molecule is NC1(C(=O)O)C(CO)C1c1ccccc1. The fraction of sp³-hybridized carbons (Fsp3) is 0.364. The van der Waals surface area contributed by atoms with Gasteiger partial charge < -0.3 is 15.9 Å². The number of hydrogen-bond acceptors (Lipinski definition) is 3. The minimum Gasteiger partial charge on any atom is -0.480 e. The van der Waals surface area contributed by atoms with Crippen LogP contribution in [0.5, 0.6) is 0 Å². The smallest absolute Gasteiger partial charge is 0.324 e. The molecule has 3 atom stereocenters. The molecule has 1 fully saturated rings. The number of aliphatic hydroxyl groups excluding tert-OH is 1. The van der Waals surface area contributed by atoms with Gasteiger partial charge in [0.2, 0.25) is 0 Å². The van der Waals surface area contributed by atoms with Crippen molar-refractivity contribution < 1.29 is 15.0 Å². The Morgan fingerprint density at radius 2 is 2.00 bits per heavy atom. The Balaban J connectivity index is 2.30. The van der Waals surface area contributed by atoms with Crippen LogP contribution in [0.15, 0.2) is 30.3 Å². The van der Waals surface area contributed by atoms with Crippen LogP contribution in [0.1, 0.15) is 11.5 Å². The van der Waals surface area contributed by atoms with E-state index in [0.717, 1.165) is 5.56 Å². The summed E-state index contributed by atoms with van der Waals surface area (Å²) < 4.78 is 0. The number of aliphatic carboxylic acids is 1. The molecular weight excluding hydrogens is 194 g/mol. The van der Waals surface area contributed by atoms with Gasteiger partial charge >= 0.3 is 5.97 Å². The van der Waals surface area contributed by atoms with E-state index < -0.39 is 11.5 Å². The third-order valence-electron chi connectivity index (χ3n) is 3.15. The molecule has 0 heterocycles. The summed E-state index contributed by atoms with van der Waals surface area (Å²) in [5.41, 5.74) is 5.34. The van der Waals surface area contributed by atoms with E-state index in [1.807, 2.05) is 30.3 Å². The third-order valence-corrected chi connectivity index (χ3v) is 3.15. The maximum absolute atomic E-state index is 11.0. The molecule has 1 aliphatic carbocycles. The van der Waals surface area contributed by atoms with E-state index in [2.05, 4.69) is 0 Å². The lowest BCUT2D eigenvalue weighted by molar-refractivity contribution is -0.140. The topological polar surface area (TPSA) is 83.6 Å². The molecule has 0 amide bonds. The Kier molecular flexibility index (Phi) is 2.25. The van der Waals surface area contributed by atoms with E-state index in [1.165, 1.54) is 0 Å². The molecule has 0 saturated heterocycles. The van der Waals surface area contributed by atoms with Gasteiger partial charge in [0, 0.05) is 18.4 Å². The van der Waals surface area contributed by atoms with E-state index >= 15 is 0 Å². The lowest BCUT2D eigenvalue weighted by Gasteiger charge is -2.04. The number of nitrogens with two attached hydrogens (primary N) is 1. The molecule has 1 aromatic rings. The zero-order valence-corrected chi connectivity index (χ0v) is 8.13. The molecule has 0 radical (unpaired) electrons. The summed E-state index contributed by atoms with van der Waals surface area (Å²) in [5.74, 6) is -1.70. The van der Waals surface area contributed by atoms with Crippen LogP contribution in [0, 0.1) is 5.92 Å². The lowest BCUT2D eigenvalue weighted by Crippen LogP contribution is -2.37. The first-order valence-corrected chi connectivity index (χ1v) is 4.80. The van der Waals surface area contributed by atoms with Gasteiger partial charge in [0.1, 0.15) is 5.54 Å². The standard InChI is InChI=1S/C11H13NO3/c12-11(10(14)15)8(6-13)9(11)7-4-2-1-3-5-7/h1-5,8-9,13H,6,12H2,(H,14,15). The third kappa shape index (κ3) is 1.33. The van der Waals surface area contributed by atoms with Gasteiger partial charge in [-0.1, -0.05) is 30.3 Å². The quantitative estimate of drug-likeness (QED) is 0.660. The summed E-state index contributed by atoms with van der Waals surface area (Å²) in [5, 5.41) is 18.1. The molecule has 1 aliphatic rings.